The van der Waals surface area contributed by atoms with Crippen LogP contribution in [0.2, 0.25) is 10.0 Å². The number of carbonyl (C=O) groups excluding carboxylic acids is 1. The number of nitrogens with one attached hydrogen (secondary N) is 1. The Balaban J connectivity index is 2.12. The zero-order chi connectivity index (χ0) is 15.2. The molecule has 2 aromatic carbocycles. The summed E-state index contributed by atoms with van der Waals surface area (Å²) < 4.78 is 0. The highest BCUT2D eigenvalue weighted by Gasteiger charge is 2.06. The van der Waals surface area contributed by atoms with E-state index in [4.69, 9.17) is 23.2 Å². The van der Waals surface area contributed by atoms with Crippen LogP contribution in [0.3, 0.4) is 0 Å². The van der Waals surface area contributed by atoms with Crippen LogP contribution in [0.15, 0.2) is 53.6 Å². The number of nitrogens with zero attached hydrogens (tertiary/aromatic N) is 1. The lowest BCUT2D eigenvalue weighted by Gasteiger charge is -2.05. The van der Waals surface area contributed by atoms with Crippen molar-refractivity contribution in [1.29, 1.82) is 0 Å². The van der Waals surface area contributed by atoms with Gasteiger partial charge in [0.15, 0.2) is 0 Å². The molecular formula is C16H14Cl2N2O. The molecule has 0 radical (unpaired) electrons. The van der Waals surface area contributed by atoms with Crippen molar-refractivity contribution < 1.29 is 4.79 Å². The van der Waals surface area contributed by atoms with Crippen LogP contribution in [-0.2, 0) is 0 Å². The summed E-state index contributed by atoms with van der Waals surface area (Å²) in [6.45, 7) is 1.97. The number of benzene rings is 2. The lowest BCUT2D eigenvalue weighted by Crippen LogP contribution is -2.19. The molecule has 108 valence electrons. The molecule has 2 rings (SSSR count). The zero-order valence-electron chi connectivity index (χ0n) is 11.4. The molecular weight excluding hydrogens is 307 g/mol. The van der Waals surface area contributed by atoms with Crippen molar-refractivity contribution in [2.75, 3.05) is 0 Å². The fraction of sp³-hybridized carbons (Fsp3) is 0.125. The maximum Gasteiger partial charge on any atom is 0.271 e. The maximum atomic E-state index is 12.0. The normalized spacial score (nSPS) is 11.3. The van der Waals surface area contributed by atoms with Crippen LogP contribution in [0.5, 0.6) is 0 Å². The summed E-state index contributed by atoms with van der Waals surface area (Å²) in [7, 11) is 0. The van der Waals surface area contributed by atoms with Crippen molar-refractivity contribution in [3.05, 3.63) is 69.7 Å². The van der Waals surface area contributed by atoms with Gasteiger partial charge in [0.1, 0.15) is 0 Å². The predicted octanol–water partition coefficient (Wildman–Crippen LogP) is 4.54. The van der Waals surface area contributed by atoms with Gasteiger partial charge in [-0.15, -0.1) is 0 Å². The average molecular weight is 321 g/mol. The Hall–Kier alpha value is -1.84. The number of hydrogen-bond acceptors (Lipinski definition) is 2. The zero-order valence-corrected chi connectivity index (χ0v) is 12.9. The van der Waals surface area contributed by atoms with Crippen molar-refractivity contribution in [3.63, 3.8) is 0 Å². The third-order valence-electron chi connectivity index (χ3n) is 2.91. The van der Waals surface area contributed by atoms with Crippen molar-refractivity contribution in [1.82, 2.24) is 5.43 Å². The average Bonchev–Trinajstić information content (AvgIpc) is 2.50. The van der Waals surface area contributed by atoms with Crippen LogP contribution in [0, 0.1) is 0 Å². The van der Waals surface area contributed by atoms with E-state index in [-0.39, 0.29) is 5.91 Å². The smallest absolute Gasteiger partial charge is 0.267 e. The van der Waals surface area contributed by atoms with Crippen molar-refractivity contribution in [3.8, 4) is 0 Å². The van der Waals surface area contributed by atoms with Crippen molar-refractivity contribution in [2.45, 2.75) is 13.3 Å². The first kappa shape index (κ1) is 15.5. The molecule has 0 saturated carbocycles. The van der Waals surface area contributed by atoms with Gasteiger partial charge in [-0.3, -0.25) is 4.79 Å². The molecule has 21 heavy (non-hydrogen) atoms. The molecule has 0 aliphatic rings. The molecule has 0 aliphatic heterocycles. The maximum absolute atomic E-state index is 12.0. The standard InChI is InChI=1S/C16H14Cl2N2O/c1-2-15(11-3-7-13(17)8-4-11)19-20-16(21)12-5-9-14(18)10-6-12/h3-10H,2H2,1H3,(H,20,21)/b19-15+. The molecule has 0 spiro atoms. The molecule has 0 atom stereocenters. The van der Waals surface area contributed by atoms with Gasteiger partial charge in [-0.05, 0) is 48.4 Å². The fourth-order valence-corrected chi connectivity index (χ4v) is 2.03. The molecule has 2 aromatic rings. The molecule has 1 N–H and O–H groups in total. The van der Waals surface area contributed by atoms with Gasteiger partial charge in [-0.25, -0.2) is 5.43 Å². The Morgan fingerprint density at radius 1 is 0.952 bits per heavy atom. The predicted molar refractivity (Wildman–Crippen MR) is 87.2 cm³/mol. The van der Waals surface area contributed by atoms with Crippen LogP contribution in [0.1, 0.15) is 29.3 Å². The summed E-state index contributed by atoms with van der Waals surface area (Å²) in [5.41, 5.74) is 4.78. The number of rotatable bonds is 4. The summed E-state index contributed by atoms with van der Waals surface area (Å²) in [4.78, 5) is 12.0. The number of carbonyl (C=O) groups is 1. The Bertz CT molecular complexity index is 649. The minimum absolute atomic E-state index is 0.272. The lowest BCUT2D eigenvalue weighted by atomic mass is 10.1. The molecule has 5 heteroatoms. The Labute approximate surface area is 133 Å². The third-order valence-corrected chi connectivity index (χ3v) is 3.42. The third kappa shape index (κ3) is 4.31. The summed E-state index contributed by atoms with van der Waals surface area (Å²) in [6.07, 6.45) is 0.697. The first-order valence-corrected chi connectivity index (χ1v) is 7.24. The van der Waals surface area contributed by atoms with Crippen LogP contribution in [0.25, 0.3) is 0 Å². The fourth-order valence-electron chi connectivity index (χ4n) is 1.77. The molecule has 0 saturated heterocycles. The first-order valence-electron chi connectivity index (χ1n) is 6.48. The van der Waals surface area contributed by atoms with E-state index < -0.39 is 0 Å². The highest BCUT2D eigenvalue weighted by atomic mass is 35.5. The van der Waals surface area contributed by atoms with E-state index in [9.17, 15) is 4.79 Å². The van der Waals surface area contributed by atoms with E-state index in [1.807, 2.05) is 19.1 Å². The molecule has 0 heterocycles. The number of hydrogen-bond donors (Lipinski definition) is 1. The van der Waals surface area contributed by atoms with Crippen LogP contribution < -0.4 is 5.43 Å². The van der Waals surface area contributed by atoms with E-state index in [1.54, 1.807) is 36.4 Å². The number of amides is 1. The van der Waals surface area contributed by atoms with Gasteiger partial charge in [-0.1, -0.05) is 42.3 Å². The lowest BCUT2D eigenvalue weighted by molar-refractivity contribution is 0.0955. The van der Waals surface area contributed by atoms with E-state index >= 15 is 0 Å². The van der Waals surface area contributed by atoms with Crippen LogP contribution in [0.4, 0.5) is 0 Å². The quantitative estimate of drug-likeness (QED) is 0.652. The van der Waals surface area contributed by atoms with E-state index in [0.717, 1.165) is 11.3 Å². The summed E-state index contributed by atoms with van der Waals surface area (Å²) in [6, 6.07) is 14.0. The Morgan fingerprint density at radius 2 is 1.43 bits per heavy atom. The van der Waals surface area contributed by atoms with Crippen LogP contribution >= 0.6 is 23.2 Å². The molecule has 0 unspecified atom stereocenters. The highest BCUT2D eigenvalue weighted by molar-refractivity contribution is 6.31. The first-order chi connectivity index (χ1) is 10.1. The number of hydrazone groups is 1. The molecule has 0 aliphatic carbocycles. The summed E-state index contributed by atoms with van der Waals surface area (Å²) >= 11 is 11.6. The van der Waals surface area contributed by atoms with Crippen LogP contribution in [-0.4, -0.2) is 11.6 Å². The van der Waals surface area contributed by atoms with Gasteiger partial charge in [0.2, 0.25) is 0 Å². The monoisotopic (exact) mass is 320 g/mol. The Kier molecular flexibility index (Phi) is 5.37. The van der Waals surface area contributed by atoms with Crippen molar-refractivity contribution in [2.24, 2.45) is 5.10 Å². The van der Waals surface area contributed by atoms with E-state index in [2.05, 4.69) is 10.5 Å². The minimum Gasteiger partial charge on any atom is -0.267 e. The number of halogens is 2. The molecule has 3 nitrogen and oxygen atoms in total. The van der Waals surface area contributed by atoms with Gasteiger partial charge in [0, 0.05) is 15.6 Å². The van der Waals surface area contributed by atoms with Gasteiger partial charge in [0.05, 0.1) is 5.71 Å². The highest BCUT2D eigenvalue weighted by Crippen LogP contribution is 2.12. The van der Waals surface area contributed by atoms with Crippen molar-refractivity contribution >= 4 is 34.8 Å². The second kappa shape index (κ2) is 7.25. The second-order valence-electron chi connectivity index (χ2n) is 4.37. The molecule has 0 aromatic heterocycles. The SMILES string of the molecule is CC/C(=N\NC(=O)c1ccc(Cl)cc1)c1ccc(Cl)cc1. The Morgan fingerprint density at radius 3 is 1.90 bits per heavy atom. The molecule has 0 bridgehead atoms. The largest absolute Gasteiger partial charge is 0.271 e. The van der Waals surface area contributed by atoms with Gasteiger partial charge in [-0.2, -0.15) is 5.10 Å². The van der Waals surface area contributed by atoms with E-state index in [0.29, 0.717) is 22.0 Å². The topological polar surface area (TPSA) is 41.5 Å². The van der Waals surface area contributed by atoms with Gasteiger partial charge in [0.25, 0.3) is 5.91 Å². The molecule has 0 fully saturated rings. The summed E-state index contributed by atoms with van der Waals surface area (Å²) in [5, 5.41) is 5.44. The second-order valence-corrected chi connectivity index (χ2v) is 5.24. The molecule has 1 amide bonds. The minimum atomic E-state index is -0.272. The summed E-state index contributed by atoms with van der Waals surface area (Å²) in [5.74, 6) is -0.272. The van der Waals surface area contributed by atoms with Gasteiger partial charge < -0.3 is 0 Å². The van der Waals surface area contributed by atoms with E-state index in [1.165, 1.54) is 0 Å². The van der Waals surface area contributed by atoms with Gasteiger partial charge >= 0.3 is 0 Å².